The summed E-state index contributed by atoms with van der Waals surface area (Å²) in [6, 6.07) is 9.69. The molecule has 0 heterocycles. The van der Waals surface area contributed by atoms with E-state index < -0.39 is 5.91 Å². The maximum Gasteiger partial charge on any atom is 0.244 e. The van der Waals surface area contributed by atoms with Crippen LogP contribution in [0.2, 0.25) is 0 Å². The van der Waals surface area contributed by atoms with E-state index in [0.717, 1.165) is 5.56 Å². The summed E-state index contributed by atoms with van der Waals surface area (Å²) in [6.45, 7) is 0. The van der Waals surface area contributed by atoms with E-state index in [1.807, 2.05) is 30.3 Å². The lowest BCUT2D eigenvalue weighted by Crippen LogP contribution is -2.37. The van der Waals surface area contributed by atoms with E-state index in [2.05, 4.69) is 0 Å². The highest BCUT2D eigenvalue weighted by Gasteiger charge is 2.24. The van der Waals surface area contributed by atoms with Gasteiger partial charge in [-0.05, 0) is 5.56 Å². The summed E-state index contributed by atoms with van der Waals surface area (Å²) in [4.78, 5) is 0. The first-order valence-electron chi connectivity index (χ1n) is 4.09. The van der Waals surface area contributed by atoms with Crippen LogP contribution in [0, 0.1) is 0 Å². The van der Waals surface area contributed by atoms with Gasteiger partial charge >= 0.3 is 0 Å². The van der Waals surface area contributed by atoms with Crippen LogP contribution in [0.25, 0.3) is 0 Å². The molecule has 3 nitrogen and oxygen atoms in total. The summed E-state index contributed by atoms with van der Waals surface area (Å²) in [5.74, 6) is -1.26. The summed E-state index contributed by atoms with van der Waals surface area (Å²) in [7, 11) is 2.94. The Labute approximate surface area is 78.5 Å². The number of rotatable bonds is 4. The van der Waals surface area contributed by atoms with Gasteiger partial charge < -0.3 is 9.47 Å². The third kappa shape index (κ3) is 2.81. The zero-order valence-electron chi connectivity index (χ0n) is 7.91. The van der Waals surface area contributed by atoms with E-state index in [-0.39, 0.29) is 0 Å². The predicted molar refractivity (Wildman–Crippen MR) is 50.0 cm³/mol. The van der Waals surface area contributed by atoms with E-state index >= 15 is 0 Å². The second kappa shape index (κ2) is 4.37. The topological polar surface area (TPSA) is 42.3 Å². The van der Waals surface area contributed by atoms with E-state index in [1.54, 1.807) is 0 Å². The third-order valence-corrected chi connectivity index (χ3v) is 1.94. The Balaban J connectivity index is 2.68. The molecule has 0 fully saturated rings. The number of benzene rings is 1. The van der Waals surface area contributed by atoms with Crippen LogP contribution < -0.4 is 5.73 Å². The zero-order valence-corrected chi connectivity index (χ0v) is 7.91. The Morgan fingerprint density at radius 2 is 1.69 bits per heavy atom. The lowest BCUT2D eigenvalue weighted by atomic mass is 10.1. The fourth-order valence-electron chi connectivity index (χ4n) is 1.09. The van der Waals surface area contributed by atoms with Crippen molar-refractivity contribution < 1.29 is 9.47 Å². The van der Waals surface area contributed by atoms with Gasteiger partial charge in [-0.2, -0.15) is 5.73 Å². The summed E-state index contributed by atoms with van der Waals surface area (Å²) < 4.78 is 9.87. The molecule has 0 atom stereocenters. The molecule has 13 heavy (non-hydrogen) atoms. The van der Waals surface area contributed by atoms with Gasteiger partial charge in [0.05, 0.1) is 0 Å². The van der Waals surface area contributed by atoms with Crippen LogP contribution in [-0.4, -0.2) is 20.1 Å². The molecule has 0 bridgehead atoms. The molecule has 0 saturated heterocycles. The van der Waals surface area contributed by atoms with Gasteiger partial charge in [-0.15, -0.1) is 0 Å². The lowest BCUT2D eigenvalue weighted by molar-refractivity contribution is -0.206. The highest BCUT2D eigenvalue weighted by Crippen LogP contribution is 2.13. The fraction of sp³-hybridized carbons (Fsp3) is 0.400. The maximum atomic E-state index is 7.71. The Kier molecular flexibility index (Phi) is 3.42. The Morgan fingerprint density at radius 3 is 2.15 bits per heavy atom. The Bertz CT molecular complexity index is 244. The first kappa shape index (κ1) is 10.2. The highest BCUT2D eigenvalue weighted by molar-refractivity contribution is 5.15. The van der Waals surface area contributed by atoms with Crippen LogP contribution in [0.1, 0.15) is 5.56 Å². The minimum atomic E-state index is -1.26. The predicted octanol–water partition coefficient (Wildman–Crippen LogP) is 1.46. The van der Waals surface area contributed by atoms with Crippen molar-refractivity contribution >= 4 is 0 Å². The lowest BCUT2D eigenvalue weighted by Gasteiger charge is -2.24. The van der Waals surface area contributed by atoms with Crippen molar-refractivity contribution in [3.05, 3.63) is 35.9 Å². The fourth-order valence-corrected chi connectivity index (χ4v) is 1.09. The van der Waals surface area contributed by atoms with Crippen molar-refractivity contribution in [1.29, 1.82) is 0 Å². The van der Waals surface area contributed by atoms with Crippen LogP contribution >= 0.6 is 0 Å². The monoisotopic (exact) mass is 180 g/mol. The number of hydrogen-bond acceptors (Lipinski definition) is 2. The SMILES string of the molecule is COC([NH])(Cc1ccccc1)OC. The second-order valence-corrected chi connectivity index (χ2v) is 2.82. The molecular formula is C10H14NO2. The van der Waals surface area contributed by atoms with Gasteiger partial charge in [0.15, 0.2) is 0 Å². The number of ether oxygens (including phenoxy) is 2. The van der Waals surface area contributed by atoms with Gasteiger partial charge in [0.25, 0.3) is 0 Å². The van der Waals surface area contributed by atoms with Crippen LogP contribution in [0.15, 0.2) is 30.3 Å². The van der Waals surface area contributed by atoms with E-state index in [0.29, 0.717) is 6.42 Å². The molecular weight excluding hydrogens is 166 g/mol. The number of methoxy groups -OCH3 is 2. The van der Waals surface area contributed by atoms with Crippen molar-refractivity contribution in [1.82, 2.24) is 5.73 Å². The van der Waals surface area contributed by atoms with Gasteiger partial charge in [-0.3, -0.25) is 0 Å². The van der Waals surface area contributed by atoms with Gasteiger partial charge in [-0.25, -0.2) is 0 Å². The summed E-state index contributed by atoms with van der Waals surface area (Å²) in [5, 5.41) is 0. The molecule has 1 N–H and O–H groups in total. The van der Waals surface area contributed by atoms with Crippen molar-refractivity contribution in [3.63, 3.8) is 0 Å². The van der Waals surface area contributed by atoms with Crippen molar-refractivity contribution in [2.24, 2.45) is 0 Å². The van der Waals surface area contributed by atoms with Crippen LogP contribution in [0.3, 0.4) is 0 Å². The summed E-state index contributed by atoms with van der Waals surface area (Å²) in [5.41, 5.74) is 8.74. The number of nitrogens with one attached hydrogen (secondary N) is 1. The normalized spacial score (nSPS) is 11.6. The molecule has 0 amide bonds. The minimum Gasteiger partial charge on any atom is -0.340 e. The Morgan fingerprint density at radius 1 is 1.15 bits per heavy atom. The zero-order chi connectivity index (χ0) is 9.73. The van der Waals surface area contributed by atoms with Gasteiger partial charge in [0.1, 0.15) is 0 Å². The second-order valence-electron chi connectivity index (χ2n) is 2.82. The molecule has 0 aromatic heterocycles. The van der Waals surface area contributed by atoms with E-state index in [9.17, 15) is 0 Å². The number of hydrogen-bond donors (Lipinski definition) is 0. The average Bonchev–Trinajstić information content (AvgIpc) is 2.19. The van der Waals surface area contributed by atoms with Gasteiger partial charge in [-0.1, -0.05) is 30.3 Å². The van der Waals surface area contributed by atoms with Crippen LogP contribution in [0.5, 0.6) is 0 Å². The van der Waals surface area contributed by atoms with Gasteiger partial charge in [0, 0.05) is 20.6 Å². The molecule has 0 aliphatic heterocycles. The quantitative estimate of drug-likeness (QED) is 0.658. The van der Waals surface area contributed by atoms with Crippen LogP contribution in [0.4, 0.5) is 0 Å². The van der Waals surface area contributed by atoms with E-state index in [1.165, 1.54) is 14.2 Å². The molecule has 1 rings (SSSR count). The molecule has 1 radical (unpaired) electrons. The van der Waals surface area contributed by atoms with Gasteiger partial charge in [0.2, 0.25) is 5.91 Å². The summed E-state index contributed by atoms with van der Waals surface area (Å²) >= 11 is 0. The molecule has 3 heteroatoms. The molecule has 0 unspecified atom stereocenters. The maximum absolute atomic E-state index is 7.71. The summed E-state index contributed by atoms with van der Waals surface area (Å²) in [6.07, 6.45) is 0.431. The first-order valence-corrected chi connectivity index (χ1v) is 4.09. The third-order valence-electron chi connectivity index (χ3n) is 1.94. The standard InChI is InChI=1S/C10H14NO2/c1-12-10(11,13-2)8-9-6-4-3-5-7-9/h3-7,11H,8H2,1-2H3. The first-order chi connectivity index (χ1) is 6.20. The smallest absolute Gasteiger partial charge is 0.244 e. The molecule has 1 aromatic carbocycles. The van der Waals surface area contributed by atoms with Crippen molar-refractivity contribution in [2.75, 3.05) is 14.2 Å². The molecule has 0 spiro atoms. The minimum absolute atomic E-state index is 0.431. The molecule has 0 aliphatic carbocycles. The molecule has 0 aliphatic rings. The molecule has 0 saturated carbocycles. The molecule has 1 aromatic rings. The van der Waals surface area contributed by atoms with Crippen LogP contribution in [-0.2, 0) is 15.9 Å². The molecule has 71 valence electrons. The highest BCUT2D eigenvalue weighted by atomic mass is 16.7. The van der Waals surface area contributed by atoms with Crippen molar-refractivity contribution in [3.8, 4) is 0 Å². The van der Waals surface area contributed by atoms with Crippen molar-refractivity contribution in [2.45, 2.75) is 12.3 Å². The largest absolute Gasteiger partial charge is 0.340 e. The van der Waals surface area contributed by atoms with E-state index in [4.69, 9.17) is 15.2 Å². The average molecular weight is 180 g/mol. The Hall–Kier alpha value is -0.900.